The molecule has 0 bridgehead atoms. The van der Waals surface area contributed by atoms with Crippen LogP contribution >= 0.6 is 0 Å². The molecule has 0 aromatic heterocycles. The minimum Gasteiger partial charge on any atom is -0.494 e. The molecule has 0 saturated carbocycles. The van der Waals surface area contributed by atoms with Crippen LogP contribution in [-0.4, -0.2) is 19.6 Å². The SMILES string of the molecule is COc1ccc(CC2CCCNC2=O)cc1F. The van der Waals surface area contributed by atoms with Gasteiger partial charge in [-0.25, -0.2) is 4.39 Å². The van der Waals surface area contributed by atoms with E-state index in [4.69, 9.17) is 4.74 Å². The molecule has 1 amide bonds. The Morgan fingerprint density at radius 2 is 2.35 bits per heavy atom. The molecule has 3 nitrogen and oxygen atoms in total. The Labute approximate surface area is 100.0 Å². The van der Waals surface area contributed by atoms with Crippen LogP contribution < -0.4 is 10.1 Å². The van der Waals surface area contributed by atoms with Crippen molar-refractivity contribution in [3.8, 4) is 5.75 Å². The average molecular weight is 237 g/mol. The van der Waals surface area contributed by atoms with Gasteiger partial charge in [0.2, 0.25) is 5.91 Å². The van der Waals surface area contributed by atoms with E-state index in [9.17, 15) is 9.18 Å². The molecule has 1 N–H and O–H groups in total. The van der Waals surface area contributed by atoms with Crippen molar-refractivity contribution in [2.45, 2.75) is 19.3 Å². The summed E-state index contributed by atoms with van der Waals surface area (Å²) in [7, 11) is 1.44. The van der Waals surface area contributed by atoms with Gasteiger partial charge in [0, 0.05) is 12.5 Å². The molecule has 1 fully saturated rings. The number of ether oxygens (including phenoxy) is 1. The maximum atomic E-state index is 13.5. The number of carbonyl (C=O) groups is 1. The van der Waals surface area contributed by atoms with Crippen LogP contribution in [0.25, 0.3) is 0 Å². The molecule has 0 radical (unpaired) electrons. The maximum Gasteiger partial charge on any atom is 0.223 e. The number of halogens is 1. The van der Waals surface area contributed by atoms with Crippen molar-refractivity contribution in [1.82, 2.24) is 5.32 Å². The number of hydrogen-bond acceptors (Lipinski definition) is 2. The molecule has 1 aliphatic rings. The summed E-state index contributed by atoms with van der Waals surface area (Å²) in [6.07, 6.45) is 2.46. The molecular formula is C13H16FNO2. The highest BCUT2D eigenvalue weighted by molar-refractivity contribution is 5.79. The Morgan fingerprint density at radius 1 is 1.53 bits per heavy atom. The Hall–Kier alpha value is -1.58. The van der Waals surface area contributed by atoms with E-state index in [1.165, 1.54) is 13.2 Å². The van der Waals surface area contributed by atoms with E-state index >= 15 is 0 Å². The van der Waals surface area contributed by atoms with E-state index in [1.807, 2.05) is 6.07 Å². The number of nitrogens with one attached hydrogen (secondary N) is 1. The van der Waals surface area contributed by atoms with Crippen molar-refractivity contribution in [1.29, 1.82) is 0 Å². The zero-order valence-electron chi connectivity index (χ0n) is 9.83. The van der Waals surface area contributed by atoms with Gasteiger partial charge in [-0.05, 0) is 37.0 Å². The highest BCUT2D eigenvalue weighted by atomic mass is 19.1. The van der Waals surface area contributed by atoms with E-state index < -0.39 is 0 Å². The highest BCUT2D eigenvalue weighted by Gasteiger charge is 2.22. The second kappa shape index (κ2) is 5.17. The first-order valence-corrected chi connectivity index (χ1v) is 5.81. The van der Waals surface area contributed by atoms with Crippen LogP contribution in [0.1, 0.15) is 18.4 Å². The number of benzene rings is 1. The van der Waals surface area contributed by atoms with Crippen molar-refractivity contribution in [2.24, 2.45) is 5.92 Å². The Kier molecular flexibility index (Phi) is 3.61. The zero-order chi connectivity index (χ0) is 12.3. The molecule has 2 rings (SSSR count). The van der Waals surface area contributed by atoms with Gasteiger partial charge in [-0.2, -0.15) is 0 Å². The predicted octanol–water partition coefficient (Wildman–Crippen LogP) is 1.90. The summed E-state index contributed by atoms with van der Waals surface area (Å²) >= 11 is 0. The summed E-state index contributed by atoms with van der Waals surface area (Å²) < 4.78 is 18.3. The molecule has 1 aromatic carbocycles. The van der Waals surface area contributed by atoms with Crippen LogP contribution in [0.15, 0.2) is 18.2 Å². The summed E-state index contributed by atoms with van der Waals surface area (Å²) in [6.45, 7) is 0.756. The smallest absolute Gasteiger partial charge is 0.223 e. The van der Waals surface area contributed by atoms with Gasteiger partial charge in [0.1, 0.15) is 0 Å². The van der Waals surface area contributed by atoms with Crippen LogP contribution in [0.2, 0.25) is 0 Å². The molecule has 1 saturated heterocycles. The zero-order valence-corrected chi connectivity index (χ0v) is 9.83. The number of methoxy groups -OCH3 is 1. The second-order valence-corrected chi connectivity index (χ2v) is 4.30. The quantitative estimate of drug-likeness (QED) is 0.872. The number of piperidine rings is 1. The fourth-order valence-electron chi connectivity index (χ4n) is 2.15. The van der Waals surface area contributed by atoms with Gasteiger partial charge in [0.05, 0.1) is 7.11 Å². The minimum atomic E-state index is -0.374. The van der Waals surface area contributed by atoms with Crippen LogP contribution in [0, 0.1) is 11.7 Å². The lowest BCUT2D eigenvalue weighted by atomic mass is 9.91. The molecule has 1 atom stereocenters. The summed E-state index contributed by atoms with van der Waals surface area (Å²) in [6, 6.07) is 4.86. The predicted molar refractivity (Wildman–Crippen MR) is 62.4 cm³/mol. The topological polar surface area (TPSA) is 38.3 Å². The van der Waals surface area contributed by atoms with E-state index in [0.717, 1.165) is 24.9 Å². The molecule has 17 heavy (non-hydrogen) atoms. The molecule has 1 aromatic rings. The lowest BCUT2D eigenvalue weighted by molar-refractivity contribution is -0.126. The Balaban J connectivity index is 2.07. The van der Waals surface area contributed by atoms with Crippen LogP contribution in [0.3, 0.4) is 0 Å². The number of amides is 1. The van der Waals surface area contributed by atoms with Crippen LogP contribution in [-0.2, 0) is 11.2 Å². The molecule has 1 unspecified atom stereocenters. The van der Waals surface area contributed by atoms with Gasteiger partial charge in [0.15, 0.2) is 11.6 Å². The average Bonchev–Trinajstić information content (AvgIpc) is 2.32. The third kappa shape index (κ3) is 2.75. The number of hydrogen-bond donors (Lipinski definition) is 1. The van der Waals surface area contributed by atoms with Crippen LogP contribution in [0.4, 0.5) is 4.39 Å². The van der Waals surface area contributed by atoms with Gasteiger partial charge < -0.3 is 10.1 Å². The van der Waals surface area contributed by atoms with E-state index in [-0.39, 0.29) is 23.4 Å². The third-order valence-corrected chi connectivity index (χ3v) is 3.10. The van der Waals surface area contributed by atoms with Gasteiger partial charge >= 0.3 is 0 Å². The van der Waals surface area contributed by atoms with Crippen molar-refractivity contribution in [3.05, 3.63) is 29.6 Å². The highest BCUT2D eigenvalue weighted by Crippen LogP contribution is 2.22. The fourth-order valence-corrected chi connectivity index (χ4v) is 2.15. The van der Waals surface area contributed by atoms with Gasteiger partial charge in [-0.1, -0.05) is 6.07 Å². The lowest BCUT2D eigenvalue weighted by Crippen LogP contribution is -2.37. The standard InChI is InChI=1S/C13H16FNO2/c1-17-12-5-4-9(8-11(12)14)7-10-3-2-6-15-13(10)16/h4-5,8,10H,2-3,6-7H2,1H3,(H,15,16). The molecule has 1 aliphatic heterocycles. The van der Waals surface area contributed by atoms with Gasteiger partial charge in [0.25, 0.3) is 0 Å². The lowest BCUT2D eigenvalue weighted by Gasteiger charge is -2.21. The first-order chi connectivity index (χ1) is 8.20. The molecule has 4 heteroatoms. The monoisotopic (exact) mass is 237 g/mol. The second-order valence-electron chi connectivity index (χ2n) is 4.30. The summed E-state index contributed by atoms with van der Waals surface area (Å²) in [5, 5.41) is 2.83. The summed E-state index contributed by atoms with van der Waals surface area (Å²) in [5.74, 6) is -0.0907. The number of rotatable bonds is 3. The van der Waals surface area contributed by atoms with Gasteiger partial charge in [-0.3, -0.25) is 4.79 Å². The molecular weight excluding hydrogens is 221 g/mol. The summed E-state index contributed by atoms with van der Waals surface area (Å²) in [4.78, 5) is 11.6. The van der Waals surface area contributed by atoms with E-state index in [1.54, 1.807) is 6.07 Å². The molecule has 0 aliphatic carbocycles. The van der Waals surface area contributed by atoms with E-state index in [2.05, 4.69) is 5.32 Å². The van der Waals surface area contributed by atoms with Gasteiger partial charge in [-0.15, -0.1) is 0 Å². The Morgan fingerprint density at radius 3 is 3.00 bits per heavy atom. The van der Waals surface area contributed by atoms with Crippen molar-refractivity contribution < 1.29 is 13.9 Å². The molecule has 92 valence electrons. The third-order valence-electron chi connectivity index (χ3n) is 3.10. The maximum absolute atomic E-state index is 13.5. The molecule has 0 spiro atoms. The van der Waals surface area contributed by atoms with Crippen molar-refractivity contribution in [2.75, 3.05) is 13.7 Å². The van der Waals surface area contributed by atoms with Crippen molar-refractivity contribution >= 4 is 5.91 Å². The largest absolute Gasteiger partial charge is 0.494 e. The minimum absolute atomic E-state index is 0.0310. The normalized spacial score (nSPS) is 19.9. The summed E-state index contributed by atoms with van der Waals surface area (Å²) in [5.41, 5.74) is 0.838. The Bertz CT molecular complexity index is 420. The fraction of sp³-hybridized carbons (Fsp3) is 0.462. The van der Waals surface area contributed by atoms with Crippen LogP contribution in [0.5, 0.6) is 5.75 Å². The number of carbonyl (C=O) groups excluding carboxylic acids is 1. The first kappa shape index (κ1) is 11.9. The first-order valence-electron chi connectivity index (χ1n) is 5.81. The molecule has 1 heterocycles. The van der Waals surface area contributed by atoms with Crippen molar-refractivity contribution in [3.63, 3.8) is 0 Å². The van der Waals surface area contributed by atoms with E-state index in [0.29, 0.717) is 6.42 Å².